The van der Waals surface area contributed by atoms with Crippen molar-refractivity contribution in [2.45, 2.75) is 6.54 Å². The van der Waals surface area contributed by atoms with Gasteiger partial charge in [0.15, 0.2) is 5.82 Å². The molecule has 7 nitrogen and oxygen atoms in total. The van der Waals surface area contributed by atoms with Gasteiger partial charge in [0, 0.05) is 54.6 Å². The quantitative estimate of drug-likeness (QED) is 0.476. The molecule has 2 aromatic heterocycles. The summed E-state index contributed by atoms with van der Waals surface area (Å²) in [7, 11) is 0. The first-order valence-corrected chi connectivity index (χ1v) is 9.99. The van der Waals surface area contributed by atoms with Gasteiger partial charge in [-0.15, -0.1) is 0 Å². The molecule has 30 heavy (non-hydrogen) atoms. The number of benzene rings is 2. The lowest BCUT2D eigenvalue weighted by Gasteiger charge is -2.36. The number of anilines is 1. The summed E-state index contributed by atoms with van der Waals surface area (Å²) < 4.78 is 5.41. The molecule has 1 aliphatic heterocycles. The first-order valence-electron chi connectivity index (χ1n) is 9.99. The van der Waals surface area contributed by atoms with Crippen molar-refractivity contribution in [1.82, 2.24) is 20.0 Å². The van der Waals surface area contributed by atoms with E-state index in [1.807, 2.05) is 24.4 Å². The molecule has 1 saturated heterocycles. The number of carbonyl (C=O) groups is 1. The fraction of sp³-hybridized carbons (Fsp3) is 0.217. The van der Waals surface area contributed by atoms with Gasteiger partial charge in [-0.3, -0.25) is 14.7 Å². The van der Waals surface area contributed by atoms with Crippen LogP contribution >= 0.6 is 0 Å². The van der Waals surface area contributed by atoms with Crippen molar-refractivity contribution in [3.63, 3.8) is 0 Å². The van der Waals surface area contributed by atoms with E-state index < -0.39 is 0 Å². The van der Waals surface area contributed by atoms with Gasteiger partial charge in [-0.05, 0) is 24.3 Å². The highest BCUT2D eigenvalue weighted by molar-refractivity contribution is 5.91. The van der Waals surface area contributed by atoms with Gasteiger partial charge >= 0.3 is 0 Å². The van der Waals surface area contributed by atoms with Crippen molar-refractivity contribution >= 4 is 22.9 Å². The molecule has 0 aliphatic carbocycles. The standard InChI is InChI=1S/C23H21N5O2/c29-16-17-5-7-18(8-6-17)23-25-22(26-30-23)15-27-11-13-28(14-12-27)21-9-10-24-20-4-2-1-3-19(20)21/h1-10,16H,11-15H2. The van der Waals surface area contributed by atoms with E-state index in [0.29, 0.717) is 23.8 Å². The molecule has 4 aromatic rings. The molecule has 3 heterocycles. The monoisotopic (exact) mass is 399 g/mol. The Morgan fingerprint density at radius 3 is 2.57 bits per heavy atom. The Morgan fingerprint density at radius 1 is 0.967 bits per heavy atom. The summed E-state index contributed by atoms with van der Waals surface area (Å²) >= 11 is 0. The van der Waals surface area contributed by atoms with E-state index in [2.05, 4.69) is 49.2 Å². The summed E-state index contributed by atoms with van der Waals surface area (Å²) in [5.41, 5.74) is 3.70. The minimum absolute atomic E-state index is 0.476. The van der Waals surface area contributed by atoms with Crippen molar-refractivity contribution in [2.75, 3.05) is 31.1 Å². The maximum Gasteiger partial charge on any atom is 0.257 e. The van der Waals surface area contributed by atoms with Crippen LogP contribution in [0.5, 0.6) is 0 Å². The van der Waals surface area contributed by atoms with Crippen molar-refractivity contribution < 1.29 is 9.32 Å². The first kappa shape index (κ1) is 18.4. The number of aldehydes is 1. The molecule has 0 radical (unpaired) electrons. The van der Waals surface area contributed by atoms with Gasteiger partial charge in [-0.25, -0.2) is 0 Å². The Balaban J connectivity index is 1.23. The molecule has 0 saturated carbocycles. The zero-order valence-electron chi connectivity index (χ0n) is 16.4. The number of aromatic nitrogens is 3. The highest BCUT2D eigenvalue weighted by Crippen LogP contribution is 2.26. The first-order chi connectivity index (χ1) is 14.8. The largest absolute Gasteiger partial charge is 0.368 e. The lowest BCUT2D eigenvalue weighted by Crippen LogP contribution is -2.46. The third-order valence-corrected chi connectivity index (χ3v) is 5.47. The van der Waals surface area contributed by atoms with Crippen LogP contribution in [-0.2, 0) is 6.54 Å². The Labute approximate surface area is 173 Å². The molecule has 7 heteroatoms. The Hall–Kier alpha value is -3.58. The van der Waals surface area contributed by atoms with E-state index in [-0.39, 0.29) is 0 Å². The molecule has 0 spiro atoms. The van der Waals surface area contributed by atoms with Gasteiger partial charge in [0.05, 0.1) is 12.1 Å². The van der Waals surface area contributed by atoms with Gasteiger partial charge in [0.25, 0.3) is 5.89 Å². The summed E-state index contributed by atoms with van der Waals surface area (Å²) in [6, 6.07) is 17.5. The van der Waals surface area contributed by atoms with Crippen LogP contribution in [0.4, 0.5) is 5.69 Å². The minimum Gasteiger partial charge on any atom is -0.368 e. The second kappa shape index (κ2) is 8.04. The van der Waals surface area contributed by atoms with Gasteiger partial charge in [-0.2, -0.15) is 4.98 Å². The lowest BCUT2D eigenvalue weighted by molar-refractivity contribution is 0.112. The second-order valence-electron chi connectivity index (χ2n) is 7.37. The van der Waals surface area contributed by atoms with Crippen LogP contribution < -0.4 is 4.90 Å². The van der Waals surface area contributed by atoms with E-state index in [1.54, 1.807) is 12.1 Å². The topological polar surface area (TPSA) is 75.4 Å². The third kappa shape index (κ3) is 3.67. The highest BCUT2D eigenvalue weighted by atomic mass is 16.5. The summed E-state index contributed by atoms with van der Waals surface area (Å²) in [5.74, 6) is 1.15. The normalized spacial score (nSPS) is 14.9. The van der Waals surface area contributed by atoms with Gasteiger partial charge in [0.2, 0.25) is 0 Å². The van der Waals surface area contributed by atoms with Crippen molar-refractivity contribution in [2.24, 2.45) is 0 Å². The number of nitrogens with zero attached hydrogens (tertiary/aromatic N) is 5. The molecular formula is C23H21N5O2. The number of para-hydroxylation sites is 1. The Morgan fingerprint density at radius 2 is 1.77 bits per heavy atom. The van der Waals surface area contributed by atoms with E-state index in [4.69, 9.17) is 4.52 Å². The van der Waals surface area contributed by atoms with Crippen LogP contribution in [-0.4, -0.2) is 52.5 Å². The molecular weight excluding hydrogens is 378 g/mol. The van der Waals surface area contributed by atoms with Crippen LogP contribution in [0.25, 0.3) is 22.4 Å². The molecule has 5 rings (SSSR count). The van der Waals surface area contributed by atoms with Crippen LogP contribution in [0.15, 0.2) is 65.3 Å². The maximum absolute atomic E-state index is 10.8. The number of hydrogen-bond donors (Lipinski definition) is 0. The molecule has 2 aromatic carbocycles. The summed E-state index contributed by atoms with van der Waals surface area (Å²) in [5, 5.41) is 5.32. The third-order valence-electron chi connectivity index (χ3n) is 5.47. The average molecular weight is 399 g/mol. The minimum atomic E-state index is 0.476. The Kier molecular flexibility index (Phi) is 4.94. The van der Waals surface area contributed by atoms with Crippen LogP contribution in [0.3, 0.4) is 0 Å². The smallest absolute Gasteiger partial charge is 0.257 e. The fourth-order valence-electron chi connectivity index (χ4n) is 3.84. The van der Waals surface area contributed by atoms with Crippen LogP contribution in [0.1, 0.15) is 16.2 Å². The fourth-order valence-corrected chi connectivity index (χ4v) is 3.84. The number of fused-ring (bicyclic) bond motifs is 1. The highest BCUT2D eigenvalue weighted by Gasteiger charge is 2.20. The molecule has 0 N–H and O–H groups in total. The number of carbonyl (C=O) groups excluding carboxylic acids is 1. The Bertz CT molecular complexity index is 1160. The zero-order chi connectivity index (χ0) is 20.3. The van der Waals surface area contributed by atoms with Crippen LogP contribution in [0, 0.1) is 0 Å². The molecule has 0 unspecified atom stereocenters. The van der Waals surface area contributed by atoms with E-state index in [9.17, 15) is 4.79 Å². The maximum atomic E-state index is 10.8. The second-order valence-corrected chi connectivity index (χ2v) is 7.37. The summed E-state index contributed by atoms with van der Waals surface area (Å²) in [6.45, 7) is 4.38. The summed E-state index contributed by atoms with van der Waals surface area (Å²) in [4.78, 5) is 24.5. The summed E-state index contributed by atoms with van der Waals surface area (Å²) in [6.07, 6.45) is 2.70. The predicted octanol–water partition coefficient (Wildman–Crippen LogP) is 3.42. The van der Waals surface area contributed by atoms with Gasteiger partial charge in [0.1, 0.15) is 6.29 Å². The molecule has 150 valence electrons. The predicted molar refractivity (Wildman–Crippen MR) is 114 cm³/mol. The van der Waals surface area contributed by atoms with Crippen molar-refractivity contribution in [1.29, 1.82) is 0 Å². The zero-order valence-corrected chi connectivity index (χ0v) is 16.4. The average Bonchev–Trinajstić information content (AvgIpc) is 3.28. The van der Waals surface area contributed by atoms with Crippen molar-refractivity contribution in [3.8, 4) is 11.5 Å². The van der Waals surface area contributed by atoms with E-state index >= 15 is 0 Å². The molecule has 0 bridgehead atoms. The van der Waals surface area contributed by atoms with Crippen LogP contribution in [0.2, 0.25) is 0 Å². The van der Waals surface area contributed by atoms with Gasteiger partial charge in [-0.1, -0.05) is 35.5 Å². The number of hydrogen-bond acceptors (Lipinski definition) is 7. The lowest BCUT2D eigenvalue weighted by atomic mass is 10.1. The number of rotatable bonds is 5. The number of pyridine rings is 1. The van der Waals surface area contributed by atoms with Crippen molar-refractivity contribution in [3.05, 3.63) is 72.2 Å². The SMILES string of the molecule is O=Cc1ccc(-c2nc(CN3CCN(c4ccnc5ccccc45)CC3)no2)cc1. The van der Waals surface area contributed by atoms with Gasteiger partial charge < -0.3 is 9.42 Å². The molecule has 1 aliphatic rings. The molecule has 0 amide bonds. The molecule has 1 fully saturated rings. The molecule has 0 atom stereocenters. The number of piperazine rings is 1. The van der Waals surface area contributed by atoms with E-state index in [1.165, 1.54) is 11.1 Å². The van der Waals surface area contributed by atoms with E-state index in [0.717, 1.165) is 43.5 Å².